The van der Waals surface area contributed by atoms with Crippen LogP contribution in [-0.4, -0.2) is 11.4 Å². The van der Waals surface area contributed by atoms with Crippen molar-refractivity contribution >= 4 is 17.4 Å². The van der Waals surface area contributed by atoms with Crippen LogP contribution in [0.25, 0.3) is 0 Å². The highest BCUT2D eigenvalue weighted by Crippen LogP contribution is 2.55. The Morgan fingerprint density at radius 2 is 1.86 bits per heavy atom. The van der Waals surface area contributed by atoms with E-state index in [1.54, 1.807) is 0 Å². The van der Waals surface area contributed by atoms with E-state index >= 15 is 0 Å². The van der Waals surface area contributed by atoms with Gasteiger partial charge < -0.3 is 4.74 Å². The van der Waals surface area contributed by atoms with Crippen LogP contribution >= 0.6 is 11.6 Å². The second-order valence-electron chi connectivity index (χ2n) is 5.78. The molecule has 2 aromatic rings. The zero-order valence-electron chi connectivity index (χ0n) is 11.5. The van der Waals surface area contributed by atoms with Gasteiger partial charge in [0.2, 0.25) is 0 Å². The Bertz CT molecular complexity index is 707. The van der Waals surface area contributed by atoms with Gasteiger partial charge in [-0.1, -0.05) is 48.0 Å². The van der Waals surface area contributed by atoms with Gasteiger partial charge in [0.15, 0.2) is 11.4 Å². The Hall–Kier alpha value is -1.64. The van der Waals surface area contributed by atoms with Crippen molar-refractivity contribution in [3.63, 3.8) is 0 Å². The van der Waals surface area contributed by atoms with E-state index in [1.165, 1.54) is 0 Å². The fraction of sp³-hybridized carbons (Fsp3) is 0.278. The minimum atomic E-state index is -0.652. The summed E-state index contributed by atoms with van der Waals surface area (Å²) in [5.74, 6) is 0.135. The first kappa shape index (κ1) is 13.1. The van der Waals surface area contributed by atoms with Crippen LogP contribution in [0.3, 0.4) is 0 Å². The average molecular weight is 299 g/mol. The number of benzene rings is 2. The highest BCUT2D eigenvalue weighted by atomic mass is 35.5. The van der Waals surface area contributed by atoms with Gasteiger partial charge >= 0.3 is 0 Å². The molecule has 0 aromatic heterocycles. The van der Waals surface area contributed by atoms with Gasteiger partial charge in [0.05, 0.1) is 0 Å². The number of halogens is 1. The van der Waals surface area contributed by atoms with E-state index in [9.17, 15) is 4.79 Å². The molecule has 2 unspecified atom stereocenters. The van der Waals surface area contributed by atoms with E-state index in [2.05, 4.69) is 0 Å². The van der Waals surface area contributed by atoms with E-state index in [4.69, 9.17) is 16.3 Å². The second-order valence-corrected chi connectivity index (χ2v) is 6.22. The number of Topliss-reactive ketones (excluding diaryl/α,β-unsaturated/α-hetero) is 1. The third-order valence-corrected chi connectivity index (χ3v) is 4.76. The van der Waals surface area contributed by atoms with E-state index in [0.717, 1.165) is 36.0 Å². The van der Waals surface area contributed by atoms with E-state index in [0.29, 0.717) is 5.02 Å². The Morgan fingerprint density at radius 3 is 2.67 bits per heavy atom. The van der Waals surface area contributed by atoms with Gasteiger partial charge in [0, 0.05) is 10.6 Å². The molecule has 1 aliphatic carbocycles. The van der Waals surface area contributed by atoms with Crippen molar-refractivity contribution in [2.24, 2.45) is 0 Å². The van der Waals surface area contributed by atoms with Crippen molar-refractivity contribution in [2.75, 3.05) is 0 Å². The lowest BCUT2D eigenvalue weighted by Crippen LogP contribution is -2.24. The summed E-state index contributed by atoms with van der Waals surface area (Å²) < 4.78 is 5.93. The molecule has 1 fully saturated rings. The van der Waals surface area contributed by atoms with Gasteiger partial charge in [-0.3, -0.25) is 4.79 Å². The lowest BCUT2D eigenvalue weighted by molar-refractivity contribution is 0.0867. The normalized spacial score (nSPS) is 27.3. The van der Waals surface area contributed by atoms with Gasteiger partial charge in [-0.2, -0.15) is 0 Å². The number of rotatable bonds is 1. The first-order valence-electron chi connectivity index (χ1n) is 7.27. The molecule has 2 aliphatic rings. The number of epoxide rings is 1. The molecule has 2 atom stereocenters. The van der Waals surface area contributed by atoms with Crippen molar-refractivity contribution in [2.45, 2.75) is 31.0 Å². The zero-order valence-corrected chi connectivity index (χ0v) is 12.3. The highest BCUT2D eigenvalue weighted by molar-refractivity contribution is 6.30. The van der Waals surface area contributed by atoms with Crippen molar-refractivity contribution in [1.82, 2.24) is 0 Å². The van der Waals surface area contributed by atoms with Crippen LogP contribution in [0.1, 0.15) is 40.4 Å². The predicted octanol–water partition coefficient (Wildman–Crippen LogP) is 4.37. The summed E-state index contributed by atoms with van der Waals surface area (Å²) in [5, 5.41) is 0.700. The van der Waals surface area contributed by atoms with Crippen LogP contribution in [0.4, 0.5) is 0 Å². The van der Waals surface area contributed by atoms with Crippen molar-refractivity contribution in [3.05, 3.63) is 70.2 Å². The van der Waals surface area contributed by atoms with Crippen LogP contribution in [0.5, 0.6) is 0 Å². The summed E-state index contributed by atoms with van der Waals surface area (Å²) >= 11 is 5.93. The topological polar surface area (TPSA) is 29.6 Å². The molecule has 1 spiro atoms. The van der Waals surface area contributed by atoms with Crippen LogP contribution in [0, 0.1) is 0 Å². The first-order chi connectivity index (χ1) is 10.2. The third-order valence-electron chi connectivity index (χ3n) is 4.51. The third kappa shape index (κ3) is 2.02. The molecule has 106 valence electrons. The Labute approximate surface area is 128 Å². The molecular weight excluding hydrogens is 284 g/mol. The van der Waals surface area contributed by atoms with Gasteiger partial charge in [0.25, 0.3) is 0 Å². The molecule has 2 aromatic carbocycles. The number of hydrogen-bond acceptors (Lipinski definition) is 2. The maximum absolute atomic E-state index is 12.9. The van der Waals surface area contributed by atoms with Gasteiger partial charge in [-0.15, -0.1) is 0 Å². The molecule has 0 N–H and O–H groups in total. The molecular formula is C18H15ClO2. The lowest BCUT2D eigenvalue weighted by atomic mass is 9.89. The number of hydrogen-bond donors (Lipinski definition) is 0. The van der Waals surface area contributed by atoms with Gasteiger partial charge in [-0.25, -0.2) is 0 Å². The SMILES string of the molecule is O=C1c2ccccc2CCCC12OC2c1ccc(Cl)cc1. The standard InChI is InChI=1S/C18H15ClO2/c19-14-9-7-13(8-10-14)17-18(21-17)11-3-5-12-4-1-2-6-15(12)16(18)20/h1-2,4,6-10,17H,3,5,11H2. The Kier molecular flexibility index (Phi) is 2.91. The van der Waals surface area contributed by atoms with E-state index in [1.807, 2.05) is 48.5 Å². The van der Waals surface area contributed by atoms with Crippen molar-refractivity contribution in [3.8, 4) is 0 Å². The highest BCUT2D eigenvalue weighted by Gasteiger charge is 2.62. The number of carbonyl (C=O) groups excluding carboxylic acids is 1. The minimum Gasteiger partial charge on any atom is -0.352 e. The summed E-state index contributed by atoms with van der Waals surface area (Å²) in [4.78, 5) is 12.9. The molecule has 0 radical (unpaired) electrons. The molecule has 2 nitrogen and oxygen atoms in total. The first-order valence-corrected chi connectivity index (χ1v) is 7.64. The monoisotopic (exact) mass is 298 g/mol. The summed E-state index contributed by atoms with van der Waals surface area (Å²) in [6, 6.07) is 15.5. The van der Waals surface area contributed by atoms with Crippen LogP contribution in [0.15, 0.2) is 48.5 Å². The fourth-order valence-corrected chi connectivity index (χ4v) is 3.48. The maximum Gasteiger partial charge on any atom is 0.197 e. The van der Waals surface area contributed by atoms with Crippen LogP contribution < -0.4 is 0 Å². The fourth-order valence-electron chi connectivity index (χ4n) is 3.36. The summed E-state index contributed by atoms with van der Waals surface area (Å²) in [6.45, 7) is 0. The average Bonchev–Trinajstić information content (AvgIpc) is 3.25. The molecule has 0 amide bonds. The largest absolute Gasteiger partial charge is 0.352 e. The van der Waals surface area contributed by atoms with Gasteiger partial charge in [0.1, 0.15) is 6.10 Å². The van der Waals surface area contributed by atoms with Crippen molar-refractivity contribution in [1.29, 1.82) is 0 Å². The number of ketones is 1. The number of fused-ring (bicyclic) bond motifs is 1. The summed E-state index contributed by atoms with van der Waals surface area (Å²) in [6.07, 6.45) is 2.58. The minimum absolute atomic E-state index is 0.131. The molecule has 21 heavy (non-hydrogen) atoms. The molecule has 3 heteroatoms. The Balaban J connectivity index is 1.70. The molecule has 0 bridgehead atoms. The molecule has 1 heterocycles. The molecule has 4 rings (SSSR count). The lowest BCUT2D eigenvalue weighted by Gasteiger charge is -2.09. The number of carbonyl (C=O) groups is 1. The smallest absolute Gasteiger partial charge is 0.197 e. The van der Waals surface area contributed by atoms with Gasteiger partial charge in [-0.05, 0) is 42.5 Å². The molecule has 1 saturated heterocycles. The number of aryl methyl sites for hydroxylation is 1. The maximum atomic E-state index is 12.9. The predicted molar refractivity (Wildman–Crippen MR) is 81.7 cm³/mol. The summed E-state index contributed by atoms with van der Waals surface area (Å²) in [7, 11) is 0. The summed E-state index contributed by atoms with van der Waals surface area (Å²) in [5.41, 5.74) is 2.35. The molecule has 1 aliphatic heterocycles. The second kappa shape index (κ2) is 4.69. The zero-order chi connectivity index (χ0) is 14.4. The van der Waals surface area contributed by atoms with E-state index < -0.39 is 5.60 Å². The van der Waals surface area contributed by atoms with Crippen molar-refractivity contribution < 1.29 is 9.53 Å². The molecule has 0 saturated carbocycles. The van der Waals surface area contributed by atoms with Crippen LogP contribution in [0.2, 0.25) is 5.02 Å². The van der Waals surface area contributed by atoms with Crippen LogP contribution in [-0.2, 0) is 11.2 Å². The van der Waals surface area contributed by atoms with E-state index in [-0.39, 0.29) is 11.9 Å². The quantitative estimate of drug-likeness (QED) is 0.732. The Morgan fingerprint density at radius 1 is 1.10 bits per heavy atom. The number of ether oxygens (including phenoxy) is 1.